The van der Waals surface area contributed by atoms with E-state index >= 15 is 0 Å². The summed E-state index contributed by atoms with van der Waals surface area (Å²) in [6.45, 7) is -0.0113. The monoisotopic (exact) mass is 855 g/mol. The Kier molecular flexibility index (Phi) is 12.9. The zero-order chi connectivity index (χ0) is 36.6. The molecule has 264 valence electrons. The van der Waals surface area contributed by atoms with Gasteiger partial charge in [-0.15, -0.1) is 10.2 Å². The molecule has 5 rings (SSSR count). The lowest BCUT2D eigenvalue weighted by Crippen LogP contribution is -2.29. The Hall–Kier alpha value is -4.17. The lowest BCUT2D eigenvalue weighted by atomic mass is 10.2. The summed E-state index contributed by atoms with van der Waals surface area (Å²) in [4.78, 5) is 19.8. The Labute approximate surface area is 303 Å². The largest absolute Gasteiger partial charge is 0.415 e. The first kappa shape index (κ1) is 38.6. The third kappa shape index (κ3) is 10.7. The van der Waals surface area contributed by atoms with Crippen LogP contribution >= 0.6 is 31.9 Å². The summed E-state index contributed by atoms with van der Waals surface area (Å²) in [5, 5.41) is 6.80. The summed E-state index contributed by atoms with van der Waals surface area (Å²) < 4.78 is 82.4. The van der Waals surface area contributed by atoms with Crippen LogP contribution in [0.1, 0.15) is 34.1 Å². The number of pyridine rings is 2. The second-order valence-corrected chi connectivity index (χ2v) is 16.1. The number of ketones is 1. The zero-order valence-corrected chi connectivity index (χ0v) is 31.1. The molecule has 0 spiro atoms. The maximum atomic E-state index is 12.5. The predicted octanol–water partition coefficient (Wildman–Crippen LogP) is 5.75. The van der Waals surface area contributed by atoms with Gasteiger partial charge in [-0.2, -0.15) is 8.78 Å². The van der Waals surface area contributed by atoms with Crippen molar-refractivity contribution in [2.45, 2.75) is 19.5 Å². The molecule has 0 bridgehead atoms. The number of sulfonamides is 2. The minimum atomic E-state index is -3.55. The van der Waals surface area contributed by atoms with E-state index in [-0.39, 0.29) is 31.3 Å². The molecule has 0 radical (unpaired) electrons. The van der Waals surface area contributed by atoms with Gasteiger partial charge in [-0.3, -0.25) is 23.4 Å². The van der Waals surface area contributed by atoms with Gasteiger partial charge >= 0.3 is 6.43 Å². The fourth-order valence-electron chi connectivity index (χ4n) is 4.24. The average Bonchev–Trinajstić information content (AvgIpc) is 3.57. The van der Waals surface area contributed by atoms with Gasteiger partial charge in [-0.25, -0.2) is 16.8 Å². The number of carbonyl (C=O) groups is 1. The van der Waals surface area contributed by atoms with Crippen LogP contribution in [0.3, 0.4) is 0 Å². The standard InChI is InChI=1S/C16H13BrF2N4O3S.C15H16BrN3O3S/c1-27(24,25)23(13-4-2-3-11(17)7-13)9-12-6-5-10(8-20-12)15-21-22-16(26-15)14(18)19;1-23(21,22)19(14-4-2-3-12(16)7-14)10-13-6-5-11(9-18-13)15(20)8-17/h2-8,14H,9H2,1H3;2-7,9H,8,10,17H2,1H3. The van der Waals surface area contributed by atoms with Crippen molar-refractivity contribution in [2.75, 3.05) is 27.7 Å². The van der Waals surface area contributed by atoms with E-state index < -0.39 is 32.4 Å². The zero-order valence-electron chi connectivity index (χ0n) is 26.3. The van der Waals surface area contributed by atoms with Crippen LogP contribution in [-0.4, -0.2) is 61.8 Å². The van der Waals surface area contributed by atoms with Crippen LogP contribution in [0.15, 0.2) is 98.6 Å². The van der Waals surface area contributed by atoms with E-state index in [1.807, 2.05) is 6.07 Å². The molecule has 2 aromatic carbocycles. The summed E-state index contributed by atoms with van der Waals surface area (Å²) in [6.07, 6.45) is 2.16. The van der Waals surface area contributed by atoms with Gasteiger partial charge in [0.25, 0.3) is 5.89 Å². The molecule has 0 amide bonds. The normalized spacial score (nSPS) is 11.5. The number of halogens is 4. The summed E-state index contributed by atoms with van der Waals surface area (Å²) in [5.74, 6) is -1.07. The number of alkyl halides is 2. The second-order valence-electron chi connectivity index (χ2n) is 10.4. The number of Topliss-reactive ketones (excluding diaryl/α,β-unsaturated/α-hetero) is 1. The molecule has 0 unspecified atom stereocenters. The summed E-state index contributed by atoms with van der Waals surface area (Å²) in [5.41, 5.74) is 8.06. The maximum Gasteiger partial charge on any atom is 0.314 e. The fraction of sp³-hybridized carbons (Fsp3) is 0.194. The number of hydrogen-bond acceptors (Lipinski definition) is 11. The van der Waals surface area contributed by atoms with Crippen molar-refractivity contribution in [3.63, 3.8) is 0 Å². The third-order valence-electron chi connectivity index (χ3n) is 6.64. The van der Waals surface area contributed by atoms with Crippen molar-refractivity contribution in [1.82, 2.24) is 20.2 Å². The van der Waals surface area contributed by atoms with E-state index in [1.54, 1.807) is 66.7 Å². The van der Waals surface area contributed by atoms with E-state index in [1.165, 1.54) is 21.0 Å². The molecule has 0 aliphatic carbocycles. The molecule has 0 aliphatic heterocycles. The van der Waals surface area contributed by atoms with Crippen LogP contribution in [0.4, 0.5) is 20.2 Å². The number of nitrogens with two attached hydrogens (primary N) is 1. The van der Waals surface area contributed by atoms with E-state index in [0.29, 0.717) is 33.9 Å². The van der Waals surface area contributed by atoms with Crippen molar-refractivity contribution >= 4 is 69.1 Å². The molecule has 3 aromatic heterocycles. The molecule has 2 N–H and O–H groups in total. The van der Waals surface area contributed by atoms with Gasteiger partial charge < -0.3 is 10.2 Å². The molecule has 5 aromatic rings. The van der Waals surface area contributed by atoms with Gasteiger partial charge in [0.1, 0.15) is 0 Å². The Bertz CT molecular complexity index is 2160. The van der Waals surface area contributed by atoms with Crippen molar-refractivity contribution in [1.29, 1.82) is 0 Å². The van der Waals surface area contributed by atoms with Crippen LogP contribution < -0.4 is 14.3 Å². The molecule has 13 nitrogen and oxygen atoms in total. The van der Waals surface area contributed by atoms with Gasteiger partial charge in [0.05, 0.1) is 60.5 Å². The average molecular weight is 858 g/mol. The highest BCUT2D eigenvalue weighted by Crippen LogP contribution is 2.26. The van der Waals surface area contributed by atoms with E-state index in [4.69, 9.17) is 10.2 Å². The van der Waals surface area contributed by atoms with Crippen molar-refractivity contribution in [3.8, 4) is 11.5 Å². The van der Waals surface area contributed by atoms with Crippen LogP contribution in [0.5, 0.6) is 0 Å². The molecule has 0 saturated heterocycles. The minimum Gasteiger partial charge on any atom is -0.415 e. The Balaban J connectivity index is 0.000000228. The Morgan fingerprint density at radius 1 is 0.800 bits per heavy atom. The van der Waals surface area contributed by atoms with E-state index in [9.17, 15) is 30.4 Å². The predicted molar refractivity (Wildman–Crippen MR) is 190 cm³/mol. The highest BCUT2D eigenvalue weighted by molar-refractivity contribution is 9.10. The fourth-order valence-corrected chi connectivity index (χ4v) is 6.74. The molecule has 0 fully saturated rings. The number of benzene rings is 2. The summed E-state index contributed by atoms with van der Waals surface area (Å²) >= 11 is 6.65. The molecule has 50 heavy (non-hydrogen) atoms. The first-order valence-corrected chi connectivity index (χ1v) is 19.5. The van der Waals surface area contributed by atoms with E-state index in [0.717, 1.165) is 21.5 Å². The SMILES string of the molecule is CS(=O)(=O)N(Cc1ccc(-c2nnc(C(F)F)o2)cn1)c1cccc(Br)c1.CS(=O)(=O)N(Cc1ccc(C(=O)CN)cn1)c1cccc(Br)c1. The first-order valence-electron chi connectivity index (χ1n) is 14.3. The number of anilines is 2. The second kappa shape index (κ2) is 16.7. The minimum absolute atomic E-state index is 0.00167. The molecule has 0 atom stereocenters. The first-order chi connectivity index (χ1) is 23.5. The molecule has 3 heterocycles. The summed E-state index contributed by atoms with van der Waals surface area (Å²) in [7, 11) is -7.03. The van der Waals surface area contributed by atoms with Gasteiger partial charge in [-0.1, -0.05) is 44.0 Å². The van der Waals surface area contributed by atoms with Crippen molar-refractivity contribution in [2.24, 2.45) is 5.73 Å². The molecule has 19 heteroatoms. The van der Waals surface area contributed by atoms with E-state index in [2.05, 4.69) is 52.0 Å². The topological polar surface area (TPSA) is 183 Å². The molecule has 0 aliphatic rings. The lowest BCUT2D eigenvalue weighted by molar-refractivity contribution is 0.100. The van der Waals surface area contributed by atoms with Gasteiger partial charge in [0, 0.05) is 26.9 Å². The van der Waals surface area contributed by atoms with Crippen LogP contribution in [-0.2, 0) is 33.1 Å². The highest BCUT2D eigenvalue weighted by Gasteiger charge is 2.21. The number of rotatable bonds is 12. The molecule has 0 saturated carbocycles. The van der Waals surface area contributed by atoms with Crippen LogP contribution in [0, 0.1) is 0 Å². The maximum absolute atomic E-state index is 12.5. The number of carbonyl (C=O) groups excluding carboxylic acids is 1. The lowest BCUT2D eigenvalue weighted by Gasteiger charge is -2.22. The number of hydrogen-bond donors (Lipinski definition) is 1. The van der Waals surface area contributed by atoms with Gasteiger partial charge in [0.15, 0.2) is 5.78 Å². The Morgan fingerprint density at radius 3 is 1.70 bits per heavy atom. The van der Waals surface area contributed by atoms with Crippen LogP contribution in [0.25, 0.3) is 11.5 Å². The molecular weight excluding hydrogens is 828 g/mol. The smallest absolute Gasteiger partial charge is 0.314 e. The van der Waals surface area contributed by atoms with Crippen LogP contribution in [0.2, 0.25) is 0 Å². The van der Waals surface area contributed by atoms with Crippen molar-refractivity contribution < 1.29 is 34.8 Å². The quantitative estimate of drug-likeness (QED) is 0.151. The Morgan fingerprint density at radius 2 is 1.32 bits per heavy atom. The van der Waals surface area contributed by atoms with Gasteiger partial charge in [0.2, 0.25) is 25.9 Å². The summed E-state index contributed by atoms with van der Waals surface area (Å²) in [6, 6.07) is 20.2. The molecular formula is C31H29Br2F2N7O6S2. The third-order valence-corrected chi connectivity index (χ3v) is 9.90. The number of nitrogens with zero attached hydrogens (tertiary/aromatic N) is 6. The van der Waals surface area contributed by atoms with Gasteiger partial charge in [-0.05, 0) is 60.7 Å². The number of aromatic nitrogens is 4. The highest BCUT2D eigenvalue weighted by atomic mass is 79.9. The van der Waals surface area contributed by atoms with Crippen molar-refractivity contribution in [3.05, 3.63) is 117 Å².